The summed E-state index contributed by atoms with van der Waals surface area (Å²) < 4.78 is 5.25. The molecule has 0 radical (unpaired) electrons. The minimum absolute atomic E-state index is 0.0553. The molecule has 27 heavy (non-hydrogen) atoms. The Morgan fingerprint density at radius 2 is 1.74 bits per heavy atom. The summed E-state index contributed by atoms with van der Waals surface area (Å²) in [6, 6.07) is 7.18. The maximum atomic E-state index is 12.4. The van der Waals surface area contributed by atoms with Gasteiger partial charge in [-0.1, -0.05) is 16.8 Å². The molecule has 7 nitrogen and oxygen atoms in total. The number of amides is 2. The van der Waals surface area contributed by atoms with Crippen LogP contribution in [-0.4, -0.2) is 57.9 Å². The highest BCUT2D eigenvalue weighted by atomic mass is 35.5. The van der Waals surface area contributed by atoms with Crippen molar-refractivity contribution in [3.05, 3.63) is 35.2 Å². The van der Waals surface area contributed by atoms with Crippen molar-refractivity contribution >= 4 is 23.4 Å². The van der Waals surface area contributed by atoms with Crippen molar-refractivity contribution in [3.63, 3.8) is 0 Å². The lowest BCUT2D eigenvalue weighted by molar-refractivity contribution is -0.140. The van der Waals surface area contributed by atoms with Crippen LogP contribution in [0.25, 0.3) is 11.4 Å². The van der Waals surface area contributed by atoms with E-state index in [-0.39, 0.29) is 17.7 Å². The fourth-order valence-corrected chi connectivity index (χ4v) is 3.34. The van der Waals surface area contributed by atoms with Crippen LogP contribution in [0.1, 0.15) is 25.2 Å². The van der Waals surface area contributed by atoms with E-state index >= 15 is 0 Å². The minimum atomic E-state index is 0.0553. The molecule has 0 bridgehead atoms. The normalized spacial score (nSPS) is 17.2. The molecule has 0 unspecified atom stereocenters. The first kappa shape index (κ1) is 18.0. The van der Waals surface area contributed by atoms with Crippen LogP contribution in [0.2, 0.25) is 5.02 Å². The van der Waals surface area contributed by atoms with Crippen LogP contribution in [0.4, 0.5) is 0 Å². The maximum Gasteiger partial charge on any atom is 0.227 e. The van der Waals surface area contributed by atoms with Crippen molar-refractivity contribution in [2.45, 2.75) is 25.7 Å². The smallest absolute Gasteiger partial charge is 0.227 e. The molecule has 8 heteroatoms. The molecule has 2 aliphatic rings. The molecule has 1 aliphatic carbocycles. The molecule has 1 aromatic carbocycles. The Kier molecular flexibility index (Phi) is 5.11. The third-order valence-corrected chi connectivity index (χ3v) is 5.25. The first-order valence-electron chi connectivity index (χ1n) is 9.25. The molecule has 1 aliphatic heterocycles. The van der Waals surface area contributed by atoms with Gasteiger partial charge in [-0.05, 0) is 37.1 Å². The van der Waals surface area contributed by atoms with Gasteiger partial charge in [0.1, 0.15) is 0 Å². The van der Waals surface area contributed by atoms with Gasteiger partial charge in [0, 0.05) is 55.5 Å². The second-order valence-electron chi connectivity index (χ2n) is 7.00. The van der Waals surface area contributed by atoms with E-state index < -0.39 is 0 Å². The highest BCUT2D eigenvalue weighted by Crippen LogP contribution is 2.31. The van der Waals surface area contributed by atoms with Crippen LogP contribution in [0.3, 0.4) is 0 Å². The topological polar surface area (TPSA) is 79.5 Å². The van der Waals surface area contributed by atoms with Gasteiger partial charge in [0.25, 0.3) is 0 Å². The first-order valence-corrected chi connectivity index (χ1v) is 9.63. The molecular weight excluding hydrogens is 368 g/mol. The van der Waals surface area contributed by atoms with Gasteiger partial charge >= 0.3 is 0 Å². The number of aryl methyl sites for hydroxylation is 1. The number of halogens is 1. The van der Waals surface area contributed by atoms with Gasteiger partial charge in [-0.15, -0.1) is 0 Å². The van der Waals surface area contributed by atoms with Gasteiger partial charge in [-0.2, -0.15) is 4.98 Å². The van der Waals surface area contributed by atoms with Crippen molar-refractivity contribution < 1.29 is 14.1 Å². The molecule has 2 amide bonds. The molecule has 0 spiro atoms. The van der Waals surface area contributed by atoms with Gasteiger partial charge < -0.3 is 14.3 Å². The van der Waals surface area contributed by atoms with Crippen molar-refractivity contribution in [3.8, 4) is 11.4 Å². The summed E-state index contributed by atoms with van der Waals surface area (Å²) in [4.78, 5) is 32.5. The summed E-state index contributed by atoms with van der Waals surface area (Å²) in [5, 5.41) is 4.61. The Morgan fingerprint density at radius 1 is 1.07 bits per heavy atom. The Morgan fingerprint density at radius 3 is 2.41 bits per heavy atom. The highest BCUT2D eigenvalue weighted by molar-refractivity contribution is 6.30. The van der Waals surface area contributed by atoms with Crippen LogP contribution in [-0.2, 0) is 16.0 Å². The van der Waals surface area contributed by atoms with Crippen molar-refractivity contribution in [2.75, 3.05) is 26.2 Å². The second-order valence-corrected chi connectivity index (χ2v) is 7.44. The molecule has 0 N–H and O–H groups in total. The van der Waals surface area contributed by atoms with Crippen LogP contribution < -0.4 is 0 Å². The van der Waals surface area contributed by atoms with Crippen molar-refractivity contribution in [2.24, 2.45) is 5.92 Å². The summed E-state index contributed by atoms with van der Waals surface area (Å²) >= 11 is 5.88. The molecule has 2 heterocycles. The fraction of sp³-hybridized carbons (Fsp3) is 0.474. The largest absolute Gasteiger partial charge is 0.339 e. The quantitative estimate of drug-likeness (QED) is 0.785. The average Bonchev–Trinajstić information content (AvgIpc) is 3.44. The van der Waals surface area contributed by atoms with Crippen LogP contribution >= 0.6 is 11.6 Å². The number of carbonyl (C=O) groups is 2. The zero-order chi connectivity index (χ0) is 18.8. The summed E-state index contributed by atoms with van der Waals surface area (Å²) in [5.41, 5.74) is 0.817. The van der Waals surface area contributed by atoms with Gasteiger partial charge in [-0.3, -0.25) is 9.59 Å². The van der Waals surface area contributed by atoms with Gasteiger partial charge in [0.2, 0.25) is 23.5 Å². The van der Waals surface area contributed by atoms with E-state index in [2.05, 4.69) is 10.1 Å². The van der Waals surface area contributed by atoms with Crippen molar-refractivity contribution in [1.29, 1.82) is 0 Å². The molecule has 0 atom stereocenters. The predicted octanol–water partition coefficient (Wildman–Crippen LogP) is 2.40. The SMILES string of the molecule is O=C(CCc1nc(-c2ccc(Cl)cc2)no1)N1CCN(C(=O)C2CC2)CC1. The third kappa shape index (κ3) is 4.30. The Balaban J connectivity index is 1.26. The van der Waals surface area contributed by atoms with Gasteiger partial charge in [-0.25, -0.2) is 0 Å². The molecule has 1 aromatic heterocycles. The summed E-state index contributed by atoms with van der Waals surface area (Å²) in [6.07, 6.45) is 2.75. The van der Waals surface area contributed by atoms with Gasteiger partial charge in [0.15, 0.2) is 0 Å². The van der Waals surface area contributed by atoms with E-state index in [4.69, 9.17) is 16.1 Å². The Hall–Kier alpha value is -2.41. The number of carbonyl (C=O) groups excluding carboxylic acids is 2. The van der Waals surface area contributed by atoms with E-state index in [1.54, 1.807) is 12.1 Å². The number of benzene rings is 1. The summed E-state index contributed by atoms with van der Waals surface area (Å²) in [5.74, 6) is 1.47. The summed E-state index contributed by atoms with van der Waals surface area (Å²) in [7, 11) is 0. The molecule has 142 valence electrons. The van der Waals surface area contributed by atoms with Crippen LogP contribution in [0.15, 0.2) is 28.8 Å². The van der Waals surface area contributed by atoms with E-state index in [0.29, 0.717) is 55.8 Å². The minimum Gasteiger partial charge on any atom is -0.339 e. The lowest BCUT2D eigenvalue weighted by atomic mass is 10.2. The number of nitrogens with zero attached hydrogens (tertiary/aromatic N) is 4. The average molecular weight is 389 g/mol. The molecule has 4 rings (SSSR count). The van der Waals surface area contributed by atoms with Crippen LogP contribution in [0, 0.1) is 5.92 Å². The first-order chi connectivity index (χ1) is 13.1. The van der Waals surface area contributed by atoms with E-state index in [1.807, 2.05) is 21.9 Å². The van der Waals surface area contributed by atoms with Crippen molar-refractivity contribution in [1.82, 2.24) is 19.9 Å². The third-order valence-electron chi connectivity index (χ3n) is 4.99. The number of hydrogen-bond acceptors (Lipinski definition) is 5. The Labute approximate surface area is 162 Å². The van der Waals surface area contributed by atoms with E-state index in [9.17, 15) is 9.59 Å². The molecule has 1 saturated heterocycles. The van der Waals surface area contributed by atoms with Crippen LogP contribution in [0.5, 0.6) is 0 Å². The predicted molar refractivity (Wildman–Crippen MR) is 98.9 cm³/mol. The van der Waals surface area contributed by atoms with E-state index in [1.165, 1.54) is 0 Å². The number of rotatable bonds is 5. The maximum absolute atomic E-state index is 12.4. The van der Waals surface area contributed by atoms with E-state index in [0.717, 1.165) is 18.4 Å². The monoisotopic (exact) mass is 388 g/mol. The molecule has 1 saturated carbocycles. The molecular formula is C19H21ClN4O3. The number of hydrogen-bond donors (Lipinski definition) is 0. The highest BCUT2D eigenvalue weighted by Gasteiger charge is 2.35. The lowest BCUT2D eigenvalue weighted by Crippen LogP contribution is -2.51. The molecule has 2 fully saturated rings. The summed E-state index contributed by atoms with van der Waals surface area (Å²) in [6.45, 7) is 2.44. The number of piperazine rings is 1. The standard InChI is InChI=1S/C19H21ClN4O3/c20-15-5-3-13(4-6-15)18-21-16(27-22-18)7-8-17(25)23-9-11-24(12-10-23)19(26)14-1-2-14/h3-6,14H,1-2,7-12H2. The fourth-order valence-electron chi connectivity index (χ4n) is 3.21. The second kappa shape index (κ2) is 7.68. The molecule has 2 aromatic rings. The zero-order valence-corrected chi connectivity index (χ0v) is 15.7. The lowest BCUT2D eigenvalue weighted by Gasteiger charge is -2.35. The van der Waals surface area contributed by atoms with Gasteiger partial charge in [0.05, 0.1) is 0 Å². The Bertz CT molecular complexity index is 824. The number of aromatic nitrogens is 2. The zero-order valence-electron chi connectivity index (χ0n) is 14.9.